The fourth-order valence-electron chi connectivity index (χ4n) is 2.72. The van der Waals surface area contributed by atoms with E-state index in [0.29, 0.717) is 17.0 Å². The van der Waals surface area contributed by atoms with Crippen LogP contribution in [0, 0.1) is 5.82 Å². The summed E-state index contributed by atoms with van der Waals surface area (Å²) in [5.41, 5.74) is 2.35. The van der Waals surface area contributed by atoms with Crippen LogP contribution >= 0.6 is 12.6 Å². The summed E-state index contributed by atoms with van der Waals surface area (Å²) >= 11 is 4.09. The minimum absolute atomic E-state index is 0.0983. The Kier molecular flexibility index (Phi) is 7.11. The fraction of sp³-hybridized carbons (Fsp3) is 0.350. The van der Waals surface area contributed by atoms with Crippen molar-refractivity contribution in [1.82, 2.24) is 5.32 Å². The van der Waals surface area contributed by atoms with Gasteiger partial charge in [0.2, 0.25) is 15.9 Å². The lowest BCUT2D eigenvalue weighted by molar-refractivity contribution is -0.120. The second-order valence-corrected chi connectivity index (χ2v) is 9.53. The number of sulfonamides is 1. The lowest BCUT2D eigenvalue weighted by Gasteiger charge is -2.17. The van der Waals surface area contributed by atoms with Gasteiger partial charge in [0, 0.05) is 12.1 Å². The number of hydrogen-bond donors (Lipinski definition) is 3. The summed E-state index contributed by atoms with van der Waals surface area (Å²) in [6.07, 6.45) is 0.964. The van der Waals surface area contributed by atoms with Crippen molar-refractivity contribution in [1.29, 1.82) is 0 Å². The van der Waals surface area contributed by atoms with E-state index in [0.717, 1.165) is 11.8 Å². The molecule has 0 aliphatic rings. The molecule has 0 aliphatic carbocycles. The van der Waals surface area contributed by atoms with Gasteiger partial charge in [-0.1, -0.05) is 44.2 Å². The molecule has 2 aromatic carbocycles. The van der Waals surface area contributed by atoms with E-state index >= 15 is 4.39 Å². The zero-order valence-electron chi connectivity index (χ0n) is 16.3. The van der Waals surface area contributed by atoms with Crippen molar-refractivity contribution in [3.8, 4) is 11.1 Å². The highest BCUT2D eigenvalue weighted by atomic mass is 32.2. The Morgan fingerprint density at radius 2 is 1.71 bits per heavy atom. The Morgan fingerprint density at radius 3 is 2.21 bits per heavy atom. The maximum Gasteiger partial charge on any atom is 0.232 e. The molecule has 2 N–H and O–H groups in total. The first-order valence-corrected chi connectivity index (χ1v) is 11.3. The molecule has 0 heterocycles. The number of carbonyl (C=O) groups excluding carboxylic acids is 1. The number of nitrogens with one attached hydrogen (secondary N) is 2. The third kappa shape index (κ3) is 5.72. The second kappa shape index (κ2) is 8.96. The fourth-order valence-corrected chi connectivity index (χ4v) is 3.37. The molecule has 0 radical (unpaired) electrons. The highest BCUT2D eigenvalue weighted by molar-refractivity contribution is 7.92. The van der Waals surface area contributed by atoms with E-state index in [4.69, 9.17) is 0 Å². The van der Waals surface area contributed by atoms with E-state index < -0.39 is 21.1 Å². The monoisotopic (exact) mass is 424 g/mol. The minimum atomic E-state index is -3.64. The van der Waals surface area contributed by atoms with E-state index in [9.17, 15) is 13.2 Å². The summed E-state index contributed by atoms with van der Waals surface area (Å²) in [6, 6.07) is 10.4. The molecule has 0 fully saturated rings. The van der Waals surface area contributed by atoms with Crippen LogP contribution in [0.5, 0.6) is 0 Å². The molecule has 1 unspecified atom stereocenters. The predicted octanol–water partition coefficient (Wildman–Crippen LogP) is 3.92. The van der Waals surface area contributed by atoms with Crippen LogP contribution in [0.2, 0.25) is 0 Å². The van der Waals surface area contributed by atoms with Gasteiger partial charge in [-0.25, -0.2) is 12.8 Å². The molecule has 0 bridgehead atoms. The van der Waals surface area contributed by atoms with Crippen LogP contribution in [-0.4, -0.2) is 25.8 Å². The molecule has 0 saturated heterocycles. The number of amides is 1. The number of carbonyl (C=O) groups is 1. The number of rotatable bonds is 7. The Balaban J connectivity index is 2.52. The van der Waals surface area contributed by atoms with E-state index in [1.165, 1.54) is 6.07 Å². The van der Waals surface area contributed by atoms with Gasteiger partial charge in [-0.05, 0) is 35.6 Å². The quantitative estimate of drug-likeness (QED) is 0.590. The summed E-state index contributed by atoms with van der Waals surface area (Å²) in [5, 5.41) is 2.22. The normalized spacial score (nSPS) is 12.7. The molecule has 5 nitrogen and oxygen atoms in total. The predicted molar refractivity (Wildman–Crippen MR) is 115 cm³/mol. The highest BCUT2D eigenvalue weighted by Gasteiger charge is 2.18. The van der Waals surface area contributed by atoms with Gasteiger partial charge in [-0.3, -0.25) is 9.52 Å². The van der Waals surface area contributed by atoms with Gasteiger partial charge in [0.1, 0.15) is 0 Å². The molecular formula is C20H25FN2O3S2. The third-order valence-corrected chi connectivity index (χ3v) is 5.05. The van der Waals surface area contributed by atoms with Crippen molar-refractivity contribution >= 4 is 34.2 Å². The van der Waals surface area contributed by atoms with Crippen molar-refractivity contribution in [3.63, 3.8) is 0 Å². The second-order valence-electron chi connectivity index (χ2n) is 7.01. The summed E-state index contributed by atoms with van der Waals surface area (Å²) in [7, 11) is -3.64. The molecule has 8 heteroatoms. The maximum atomic E-state index is 15.2. The topological polar surface area (TPSA) is 75.3 Å². The third-order valence-electron chi connectivity index (χ3n) is 4.22. The van der Waals surface area contributed by atoms with Gasteiger partial charge in [0.05, 0.1) is 17.2 Å². The number of anilines is 1. The lowest BCUT2D eigenvalue weighted by atomic mass is 9.95. The Hall–Kier alpha value is -2.06. The standard InChI is InChI=1S/C20H25FN2O3S2/c1-12(2)14-5-7-15(8-6-14)18-16(11-22-20(24)13(3)27)9-10-17(19(18)21)23-28(4,25)26/h5-10,12-13,23,27H,11H2,1-4H3,(H,22,24). The lowest BCUT2D eigenvalue weighted by Crippen LogP contribution is -2.29. The molecule has 0 aliphatic heterocycles. The van der Waals surface area contributed by atoms with Crippen LogP contribution in [0.3, 0.4) is 0 Å². The van der Waals surface area contributed by atoms with Crippen molar-refractivity contribution < 1.29 is 17.6 Å². The van der Waals surface area contributed by atoms with Gasteiger partial charge in [-0.15, -0.1) is 0 Å². The summed E-state index contributed by atoms with van der Waals surface area (Å²) < 4.78 is 40.5. The van der Waals surface area contributed by atoms with Crippen LogP contribution in [0.4, 0.5) is 10.1 Å². The molecule has 0 spiro atoms. The molecule has 2 aromatic rings. The average Bonchev–Trinajstić information content (AvgIpc) is 2.60. The SMILES string of the molecule is CC(S)C(=O)NCc1ccc(NS(C)(=O)=O)c(F)c1-c1ccc(C(C)C)cc1. The van der Waals surface area contributed by atoms with Gasteiger partial charge < -0.3 is 5.32 Å². The smallest absolute Gasteiger partial charge is 0.232 e. The largest absolute Gasteiger partial charge is 0.351 e. The molecule has 1 amide bonds. The number of benzene rings is 2. The molecule has 28 heavy (non-hydrogen) atoms. The number of hydrogen-bond acceptors (Lipinski definition) is 4. The van der Waals surface area contributed by atoms with Crippen molar-refractivity contribution in [3.05, 3.63) is 53.3 Å². The Labute approximate surface area is 171 Å². The summed E-state index contributed by atoms with van der Waals surface area (Å²) in [4.78, 5) is 11.9. The molecule has 152 valence electrons. The Morgan fingerprint density at radius 1 is 1.11 bits per heavy atom. The van der Waals surface area contributed by atoms with Crippen LogP contribution in [0.25, 0.3) is 11.1 Å². The average molecular weight is 425 g/mol. The first-order chi connectivity index (χ1) is 13.0. The van der Waals surface area contributed by atoms with Crippen LogP contribution in [0.1, 0.15) is 37.8 Å². The summed E-state index contributed by atoms with van der Waals surface area (Å²) in [5.74, 6) is -0.635. The van der Waals surface area contributed by atoms with Crippen molar-refractivity contribution in [2.24, 2.45) is 0 Å². The summed E-state index contributed by atoms with van der Waals surface area (Å²) in [6.45, 7) is 5.86. The zero-order chi connectivity index (χ0) is 21.1. The highest BCUT2D eigenvalue weighted by Crippen LogP contribution is 2.33. The Bertz CT molecular complexity index is 956. The zero-order valence-corrected chi connectivity index (χ0v) is 18.0. The molecular weight excluding hydrogens is 399 g/mol. The minimum Gasteiger partial charge on any atom is -0.351 e. The van der Waals surface area contributed by atoms with Gasteiger partial charge in [-0.2, -0.15) is 12.6 Å². The number of halogens is 1. The molecule has 0 saturated carbocycles. The van der Waals surface area contributed by atoms with E-state index in [2.05, 4.69) is 36.5 Å². The number of thiol groups is 1. The first kappa shape index (κ1) is 22.2. The van der Waals surface area contributed by atoms with E-state index in [1.54, 1.807) is 25.1 Å². The van der Waals surface area contributed by atoms with Crippen molar-refractivity contribution in [2.75, 3.05) is 11.0 Å². The molecule has 1 atom stereocenters. The van der Waals surface area contributed by atoms with Gasteiger partial charge >= 0.3 is 0 Å². The van der Waals surface area contributed by atoms with Gasteiger partial charge in [0.25, 0.3) is 0 Å². The molecule has 0 aromatic heterocycles. The van der Waals surface area contributed by atoms with Crippen molar-refractivity contribution in [2.45, 2.75) is 38.5 Å². The van der Waals surface area contributed by atoms with Crippen LogP contribution < -0.4 is 10.0 Å². The van der Waals surface area contributed by atoms with E-state index in [1.807, 2.05) is 12.1 Å². The van der Waals surface area contributed by atoms with Gasteiger partial charge in [0.15, 0.2) is 5.82 Å². The maximum absolute atomic E-state index is 15.2. The van der Waals surface area contributed by atoms with Crippen LogP contribution in [-0.2, 0) is 21.4 Å². The molecule has 2 rings (SSSR count). The van der Waals surface area contributed by atoms with E-state index in [-0.39, 0.29) is 23.7 Å². The van der Waals surface area contributed by atoms with Crippen LogP contribution in [0.15, 0.2) is 36.4 Å². The first-order valence-electron chi connectivity index (χ1n) is 8.85.